The molecule has 0 aliphatic carbocycles. The van der Waals surface area contributed by atoms with Crippen molar-refractivity contribution in [2.45, 2.75) is 4.90 Å². The van der Waals surface area contributed by atoms with Crippen molar-refractivity contribution < 1.29 is 16.8 Å². The average molecular weight is 550 g/mol. The van der Waals surface area contributed by atoms with Crippen molar-refractivity contribution in [3.05, 3.63) is 102 Å². The highest BCUT2D eigenvalue weighted by Crippen LogP contribution is 2.40. The van der Waals surface area contributed by atoms with Gasteiger partial charge in [-0.2, -0.15) is 0 Å². The number of sulfonamides is 1. The Kier molecular flexibility index (Phi) is 5.23. The summed E-state index contributed by atoms with van der Waals surface area (Å²) in [6.45, 7) is 0. The van der Waals surface area contributed by atoms with E-state index in [1.165, 1.54) is 12.1 Å². The fraction of sp³-hybridized carbons (Fsp3) is 0. The second kappa shape index (κ2) is 8.29. The normalized spacial score (nSPS) is 12.0. The van der Waals surface area contributed by atoms with Crippen molar-refractivity contribution in [1.82, 2.24) is 0 Å². The van der Waals surface area contributed by atoms with Crippen LogP contribution in [-0.2, 0) is 10.0 Å². The lowest BCUT2D eigenvalue weighted by Crippen LogP contribution is -2.09. The first-order valence-corrected chi connectivity index (χ1v) is 13.9. The molecule has 0 unspecified atom stereocenters. The Morgan fingerprint density at radius 1 is 0.647 bits per heavy atom. The van der Waals surface area contributed by atoms with Crippen molar-refractivity contribution in [3.63, 3.8) is 0 Å². The Morgan fingerprint density at radius 2 is 1.15 bits per heavy atom. The fourth-order valence-electron chi connectivity index (χ4n) is 4.17. The Labute approximate surface area is 204 Å². The third-order valence-electron chi connectivity index (χ3n) is 5.71. The summed E-state index contributed by atoms with van der Waals surface area (Å²) in [6, 6.07) is 30.3. The summed E-state index contributed by atoms with van der Waals surface area (Å²) in [7, 11) is -5.93. The van der Waals surface area contributed by atoms with E-state index in [4.69, 9.17) is 8.39 Å². The molecule has 8 heteroatoms. The number of fused-ring (bicyclic) bond motifs is 7. The predicted molar refractivity (Wildman–Crippen MR) is 142 cm³/mol. The zero-order valence-corrected chi connectivity index (χ0v) is 20.9. The molecule has 0 saturated carbocycles. The molecule has 0 spiro atoms. The summed E-state index contributed by atoms with van der Waals surface area (Å²) in [5.41, 5.74) is 1.14. The zero-order valence-electron chi connectivity index (χ0n) is 17.6. The predicted octanol–water partition coefficient (Wildman–Crippen LogP) is 8.29. The van der Waals surface area contributed by atoms with Crippen LogP contribution in [0.2, 0.25) is 0 Å². The van der Waals surface area contributed by atoms with Gasteiger partial charge >= 0.3 is 8.16 Å². The lowest BCUT2D eigenvalue weighted by molar-refractivity contribution is 0.599. The molecule has 0 aliphatic rings. The van der Waals surface area contributed by atoms with Crippen LogP contribution in [0.4, 0.5) is 0 Å². The molecule has 0 saturated heterocycles. The first kappa shape index (κ1) is 21.4. The minimum atomic E-state index is -3.87. The van der Waals surface area contributed by atoms with Gasteiger partial charge in [0.25, 0.3) is 10.0 Å². The average Bonchev–Trinajstić information content (AvgIpc) is 3.00. The molecule has 0 amide bonds. The molecule has 0 fully saturated rings. The van der Waals surface area contributed by atoms with Gasteiger partial charge in [-0.15, -0.1) is 4.49 Å². The Bertz CT molecular complexity index is 1770. The van der Waals surface area contributed by atoms with E-state index in [0.29, 0.717) is 11.2 Å². The lowest BCUT2D eigenvalue weighted by atomic mass is 9.99. The standard InChI is InChI=1S/C26H17BrNO4PS/c27-19-11-13-20(14-12-19)34(29,30)28-33-31-23-15-9-17-5-1-3-7-21(17)25(23)26-22-8-4-2-6-18(22)10-16-24(26)32-33/h1-16,28H. The van der Waals surface area contributed by atoms with Gasteiger partial charge in [-0.1, -0.05) is 76.6 Å². The highest BCUT2D eigenvalue weighted by molar-refractivity contribution is 9.10. The van der Waals surface area contributed by atoms with Gasteiger partial charge in [0, 0.05) is 15.2 Å². The topological polar surface area (TPSA) is 72.5 Å². The maximum atomic E-state index is 13.1. The van der Waals surface area contributed by atoms with E-state index in [0.717, 1.165) is 36.8 Å². The maximum Gasteiger partial charge on any atom is 0.321 e. The largest absolute Gasteiger partial charge is 0.407 e. The van der Waals surface area contributed by atoms with E-state index >= 15 is 0 Å². The van der Waals surface area contributed by atoms with Crippen molar-refractivity contribution in [2.75, 3.05) is 4.49 Å². The highest BCUT2D eigenvalue weighted by atomic mass is 79.9. The van der Waals surface area contributed by atoms with Crippen LogP contribution in [0.15, 0.2) is 115 Å². The first-order valence-electron chi connectivity index (χ1n) is 10.5. The van der Waals surface area contributed by atoms with E-state index < -0.39 is 18.2 Å². The summed E-state index contributed by atoms with van der Waals surface area (Å²) < 4.78 is 42.1. The molecule has 1 heterocycles. The van der Waals surface area contributed by atoms with E-state index in [-0.39, 0.29) is 4.90 Å². The number of hydrogen-bond donors (Lipinski definition) is 1. The molecular formula is C26H17BrNO4PS. The van der Waals surface area contributed by atoms with Crippen LogP contribution >= 0.6 is 24.1 Å². The Hall–Kier alpha value is -3.09. The molecule has 0 aliphatic heterocycles. The van der Waals surface area contributed by atoms with Gasteiger partial charge in [-0.25, -0.2) is 8.42 Å². The quantitative estimate of drug-likeness (QED) is 0.241. The van der Waals surface area contributed by atoms with Crippen LogP contribution < -0.4 is 4.49 Å². The molecule has 34 heavy (non-hydrogen) atoms. The molecular weight excluding hydrogens is 533 g/mol. The Morgan fingerprint density at radius 3 is 1.68 bits per heavy atom. The van der Waals surface area contributed by atoms with Crippen molar-refractivity contribution in [2.24, 2.45) is 0 Å². The Balaban J connectivity index is 1.70. The number of nitrogens with one attached hydrogen (secondary N) is 1. The number of hydrogen-bond acceptors (Lipinski definition) is 4. The molecule has 0 bridgehead atoms. The third kappa shape index (κ3) is 3.71. The van der Waals surface area contributed by atoms with Gasteiger partial charge in [0.05, 0.1) is 4.90 Å². The van der Waals surface area contributed by atoms with Gasteiger partial charge in [0.1, 0.15) is 11.2 Å². The minimum absolute atomic E-state index is 0.132. The van der Waals surface area contributed by atoms with Crippen molar-refractivity contribution in [1.29, 1.82) is 0 Å². The van der Waals surface area contributed by atoms with Crippen LogP contribution in [0.25, 0.3) is 43.5 Å². The molecule has 5 nitrogen and oxygen atoms in total. The van der Waals surface area contributed by atoms with Gasteiger partial charge in [0.15, 0.2) is 0 Å². The van der Waals surface area contributed by atoms with Crippen LogP contribution in [0.5, 0.6) is 0 Å². The number of halogens is 1. The molecule has 6 aromatic rings. The molecule has 1 aromatic heterocycles. The van der Waals surface area contributed by atoms with Gasteiger partial charge in [0.2, 0.25) is 0 Å². The SMILES string of the molecule is O=S(=O)(Np1oc2ccc3ccccc3c2c2c(ccc3ccccc32)o1)c1ccc(Br)cc1. The molecule has 168 valence electrons. The van der Waals surface area contributed by atoms with Crippen LogP contribution in [0.3, 0.4) is 0 Å². The second-order valence-electron chi connectivity index (χ2n) is 7.81. The van der Waals surface area contributed by atoms with E-state index in [2.05, 4.69) is 20.4 Å². The number of benzene rings is 5. The third-order valence-corrected chi connectivity index (χ3v) is 9.42. The van der Waals surface area contributed by atoms with Crippen molar-refractivity contribution in [3.8, 4) is 0 Å². The molecule has 6 rings (SSSR count). The van der Waals surface area contributed by atoms with Gasteiger partial charge in [-0.3, -0.25) is 0 Å². The van der Waals surface area contributed by atoms with E-state index in [9.17, 15) is 8.42 Å². The first-order chi connectivity index (χ1) is 16.5. The van der Waals surface area contributed by atoms with Gasteiger partial charge < -0.3 is 8.39 Å². The van der Waals surface area contributed by atoms with E-state index in [1.54, 1.807) is 12.1 Å². The van der Waals surface area contributed by atoms with Gasteiger partial charge in [-0.05, 0) is 57.9 Å². The molecule has 1 N–H and O–H groups in total. The smallest absolute Gasteiger partial charge is 0.321 e. The fourth-order valence-corrected chi connectivity index (χ4v) is 7.13. The highest BCUT2D eigenvalue weighted by Gasteiger charge is 2.19. The van der Waals surface area contributed by atoms with Crippen LogP contribution in [0.1, 0.15) is 0 Å². The summed E-state index contributed by atoms with van der Waals surface area (Å²) in [5, 5.41) is 5.91. The molecule has 0 atom stereocenters. The van der Waals surface area contributed by atoms with Crippen LogP contribution in [-0.4, -0.2) is 8.42 Å². The summed E-state index contributed by atoms with van der Waals surface area (Å²) in [5.74, 6) is 0. The lowest BCUT2D eigenvalue weighted by Gasteiger charge is -2.05. The monoisotopic (exact) mass is 549 g/mol. The minimum Gasteiger partial charge on any atom is -0.407 e. The van der Waals surface area contributed by atoms with Crippen LogP contribution in [0, 0.1) is 0 Å². The zero-order chi connectivity index (χ0) is 23.3. The molecule has 5 aromatic carbocycles. The maximum absolute atomic E-state index is 13.1. The summed E-state index contributed by atoms with van der Waals surface area (Å²) >= 11 is 3.34. The van der Waals surface area contributed by atoms with E-state index in [1.807, 2.05) is 72.8 Å². The second-order valence-corrected chi connectivity index (χ2v) is 11.8. The molecule has 0 radical (unpaired) electrons. The summed E-state index contributed by atoms with van der Waals surface area (Å²) in [4.78, 5) is 0.132. The summed E-state index contributed by atoms with van der Waals surface area (Å²) in [6.07, 6.45) is 0. The van der Waals surface area contributed by atoms with Crippen molar-refractivity contribution >= 4 is 77.6 Å². The number of rotatable bonds is 3.